The molecule has 26 heavy (non-hydrogen) atoms. The first-order chi connectivity index (χ1) is 11.8. The van der Waals surface area contributed by atoms with Crippen molar-refractivity contribution in [2.24, 2.45) is 10.8 Å². The molecule has 2 saturated heterocycles. The topological polar surface area (TPSA) is 61.8 Å². The number of hydrogen-bond acceptors (Lipinski definition) is 5. The van der Waals surface area contributed by atoms with E-state index in [1.165, 1.54) is 7.11 Å². The minimum Gasteiger partial charge on any atom is -0.497 e. The zero-order chi connectivity index (χ0) is 19.7. The van der Waals surface area contributed by atoms with Crippen LogP contribution in [-0.4, -0.2) is 36.2 Å². The molecule has 1 spiro atoms. The second-order valence-electron chi connectivity index (χ2n) is 9.77. The van der Waals surface area contributed by atoms with Gasteiger partial charge < -0.3 is 14.2 Å². The van der Waals surface area contributed by atoms with Crippen molar-refractivity contribution in [3.8, 4) is 0 Å². The van der Waals surface area contributed by atoms with Crippen LogP contribution in [0.15, 0.2) is 23.0 Å². The van der Waals surface area contributed by atoms with Crippen molar-refractivity contribution in [1.29, 1.82) is 0 Å². The van der Waals surface area contributed by atoms with E-state index >= 15 is 0 Å². The summed E-state index contributed by atoms with van der Waals surface area (Å²) in [5.41, 5.74) is -0.714. The Hall–Kier alpha value is -1.46. The number of allylic oxidation sites excluding steroid dienone is 2. The van der Waals surface area contributed by atoms with Crippen LogP contribution < -0.4 is 0 Å². The Morgan fingerprint density at radius 1 is 1.12 bits per heavy atom. The van der Waals surface area contributed by atoms with Gasteiger partial charge in [-0.15, -0.1) is 0 Å². The summed E-state index contributed by atoms with van der Waals surface area (Å²) in [6.07, 6.45) is 1.73. The van der Waals surface area contributed by atoms with Gasteiger partial charge >= 0.3 is 0 Å². The second kappa shape index (κ2) is 5.52. The van der Waals surface area contributed by atoms with Crippen LogP contribution in [0.4, 0.5) is 0 Å². The van der Waals surface area contributed by atoms with Gasteiger partial charge in [-0.3, -0.25) is 9.59 Å². The monoisotopic (exact) mass is 362 g/mol. The molecule has 144 valence electrons. The molecule has 3 unspecified atom stereocenters. The maximum Gasteiger partial charge on any atom is 0.223 e. The van der Waals surface area contributed by atoms with Crippen LogP contribution in [0.25, 0.3) is 0 Å². The van der Waals surface area contributed by atoms with Gasteiger partial charge in [0, 0.05) is 18.4 Å². The molecule has 0 aromatic rings. The SMILES string of the molecule is COC1=C(C(C)(C)C)C=C(C(C)(C)C)C(=O)C12OC1(C)CCC(=O)C2O1. The molecule has 0 radical (unpaired) electrons. The molecule has 0 saturated carbocycles. The van der Waals surface area contributed by atoms with Gasteiger partial charge in [-0.05, 0) is 29.4 Å². The third-order valence-corrected chi connectivity index (χ3v) is 5.50. The molecule has 0 aromatic carbocycles. The van der Waals surface area contributed by atoms with Gasteiger partial charge in [0.25, 0.3) is 0 Å². The standard InChI is InChI=1S/C21H30O5/c1-18(2,3)12-11-13(19(4,5)6)16(24-8)21(15(12)23)17-14(22)9-10-20(7,25-17)26-21/h11,17H,9-10H2,1-8H3. The minimum absolute atomic E-state index is 0.105. The van der Waals surface area contributed by atoms with Crippen molar-refractivity contribution < 1.29 is 23.8 Å². The van der Waals surface area contributed by atoms with Crippen LogP contribution in [0.3, 0.4) is 0 Å². The summed E-state index contributed by atoms with van der Waals surface area (Å²) in [6.45, 7) is 14.0. The maximum absolute atomic E-state index is 13.7. The quantitative estimate of drug-likeness (QED) is 0.711. The van der Waals surface area contributed by atoms with E-state index < -0.39 is 22.9 Å². The molecule has 3 atom stereocenters. The highest BCUT2D eigenvalue weighted by atomic mass is 16.8. The van der Waals surface area contributed by atoms with E-state index in [0.29, 0.717) is 24.2 Å². The molecular weight excluding hydrogens is 332 g/mol. The lowest BCUT2D eigenvalue weighted by Crippen LogP contribution is -2.56. The molecule has 5 heteroatoms. The van der Waals surface area contributed by atoms with E-state index in [9.17, 15) is 9.59 Å². The Kier molecular flexibility index (Phi) is 4.10. The first kappa shape index (κ1) is 19.3. The predicted octanol–water partition coefficient (Wildman–Crippen LogP) is 3.72. The first-order valence-corrected chi connectivity index (χ1v) is 9.23. The predicted molar refractivity (Wildman–Crippen MR) is 97.4 cm³/mol. The van der Waals surface area contributed by atoms with E-state index in [1.54, 1.807) is 6.92 Å². The minimum atomic E-state index is -1.53. The van der Waals surface area contributed by atoms with Crippen molar-refractivity contribution in [3.63, 3.8) is 0 Å². The average molecular weight is 362 g/mol. The lowest BCUT2D eigenvalue weighted by Gasteiger charge is -2.41. The van der Waals surface area contributed by atoms with Crippen LogP contribution >= 0.6 is 0 Å². The summed E-state index contributed by atoms with van der Waals surface area (Å²) in [5.74, 6) is -0.876. The number of Topliss-reactive ketones (excluding diaryl/α,β-unsaturated/α-hetero) is 2. The molecule has 3 rings (SSSR count). The van der Waals surface area contributed by atoms with Crippen molar-refractivity contribution in [3.05, 3.63) is 23.0 Å². The molecule has 5 nitrogen and oxygen atoms in total. The van der Waals surface area contributed by atoms with Gasteiger partial charge in [0.2, 0.25) is 11.4 Å². The molecule has 2 bridgehead atoms. The molecule has 2 aliphatic heterocycles. The van der Waals surface area contributed by atoms with Gasteiger partial charge in [-0.2, -0.15) is 0 Å². The lowest BCUT2D eigenvalue weighted by atomic mass is 9.67. The molecule has 3 aliphatic rings. The highest BCUT2D eigenvalue weighted by Gasteiger charge is 2.69. The molecule has 0 aromatic heterocycles. The van der Waals surface area contributed by atoms with Crippen molar-refractivity contribution in [1.82, 2.24) is 0 Å². The van der Waals surface area contributed by atoms with E-state index in [4.69, 9.17) is 14.2 Å². The Morgan fingerprint density at radius 2 is 1.73 bits per heavy atom. The number of fused-ring (bicyclic) bond motifs is 3. The summed E-state index contributed by atoms with van der Waals surface area (Å²) in [5, 5.41) is 0. The van der Waals surface area contributed by atoms with Gasteiger partial charge in [-0.1, -0.05) is 41.5 Å². The van der Waals surface area contributed by atoms with Gasteiger partial charge in [0.15, 0.2) is 17.7 Å². The van der Waals surface area contributed by atoms with Crippen LogP contribution in [0.1, 0.15) is 61.3 Å². The van der Waals surface area contributed by atoms with E-state index in [1.807, 2.05) is 26.8 Å². The number of ketones is 2. The summed E-state index contributed by atoms with van der Waals surface area (Å²) < 4.78 is 18.1. The van der Waals surface area contributed by atoms with Gasteiger partial charge in [0.1, 0.15) is 5.76 Å². The summed E-state index contributed by atoms with van der Waals surface area (Å²) >= 11 is 0. The zero-order valence-electron chi connectivity index (χ0n) is 17.1. The third-order valence-electron chi connectivity index (χ3n) is 5.50. The molecule has 0 amide bonds. The summed E-state index contributed by atoms with van der Waals surface area (Å²) in [4.78, 5) is 26.5. The average Bonchev–Trinajstić information content (AvgIpc) is 2.74. The van der Waals surface area contributed by atoms with E-state index in [2.05, 4.69) is 20.8 Å². The molecule has 2 heterocycles. The Bertz CT molecular complexity index is 730. The van der Waals surface area contributed by atoms with Crippen LogP contribution in [0, 0.1) is 10.8 Å². The third kappa shape index (κ3) is 2.59. The Balaban J connectivity index is 2.34. The number of carbonyl (C=O) groups excluding carboxylic acids is 2. The Morgan fingerprint density at radius 3 is 2.23 bits per heavy atom. The number of ether oxygens (including phenoxy) is 3. The number of methoxy groups -OCH3 is 1. The largest absolute Gasteiger partial charge is 0.497 e. The highest BCUT2D eigenvalue weighted by molar-refractivity contribution is 6.11. The van der Waals surface area contributed by atoms with Gasteiger partial charge in [0.05, 0.1) is 7.11 Å². The summed E-state index contributed by atoms with van der Waals surface area (Å²) in [6, 6.07) is 0. The zero-order valence-corrected chi connectivity index (χ0v) is 17.1. The van der Waals surface area contributed by atoms with Crippen LogP contribution in [0.2, 0.25) is 0 Å². The molecule has 1 aliphatic carbocycles. The van der Waals surface area contributed by atoms with Crippen LogP contribution in [-0.2, 0) is 23.8 Å². The normalized spacial score (nSPS) is 35.2. The first-order valence-electron chi connectivity index (χ1n) is 9.23. The fraction of sp³-hybridized carbons (Fsp3) is 0.714. The molecule has 2 fully saturated rings. The van der Waals surface area contributed by atoms with Crippen molar-refractivity contribution >= 4 is 11.6 Å². The number of carbonyl (C=O) groups is 2. The van der Waals surface area contributed by atoms with Gasteiger partial charge in [-0.25, -0.2) is 0 Å². The van der Waals surface area contributed by atoms with E-state index in [-0.39, 0.29) is 17.0 Å². The van der Waals surface area contributed by atoms with Crippen molar-refractivity contribution in [2.75, 3.05) is 7.11 Å². The van der Waals surface area contributed by atoms with Crippen molar-refractivity contribution in [2.45, 2.75) is 78.8 Å². The highest BCUT2D eigenvalue weighted by Crippen LogP contribution is 2.54. The lowest BCUT2D eigenvalue weighted by molar-refractivity contribution is -0.192. The molecular formula is C21H30O5. The Labute approximate surface area is 155 Å². The molecule has 0 N–H and O–H groups in total. The van der Waals surface area contributed by atoms with Crippen LogP contribution in [0.5, 0.6) is 0 Å². The number of hydrogen-bond donors (Lipinski definition) is 0. The summed E-state index contributed by atoms with van der Waals surface area (Å²) in [7, 11) is 1.53. The number of rotatable bonds is 1. The fourth-order valence-corrected chi connectivity index (χ4v) is 4.12. The smallest absolute Gasteiger partial charge is 0.223 e. The maximum atomic E-state index is 13.7. The second-order valence-corrected chi connectivity index (χ2v) is 9.77. The fourth-order valence-electron chi connectivity index (χ4n) is 4.12. The van der Waals surface area contributed by atoms with E-state index in [0.717, 1.165) is 5.57 Å².